The Morgan fingerprint density at radius 2 is 1.56 bits per heavy atom. The topological polar surface area (TPSA) is 98.3 Å². The minimum atomic E-state index is -0.495. The maximum Gasteiger partial charge on any atom is 0.407 e. The summed E-state index contributed by atoms with van der Waals surface area (Å²) in [6.45, 7) is 13.1. The molecule has 0 aromatic heterocycles. The number of nitrogens with one attached hydrogen (secondary N) is 3. The lowest BCUT2D eigenvalue weighted by molar-refractivity contribution is -0.130. The predicted octanol–water partition coefficient (Wildman–Crippen LogP) is 0.458. The molecule has 1 heterocycles. The van der Waals surface area contributed by atoms with E-state index in [1.54, 1.807) is 14.0 Å². The van der Waals surface area contributed by atoms with E-state index in [4.69, 9.17) is 4.74 Å². The third-order valence-electron chi connectivity index (χ3n) is 3.85. The van der Waals surface area contributed by atoms with Crippen molar-refractivity contribution < 1.29 is 14.3 Å². The number of aliphatic imine (C=N–C) groups is 1. The lowest BCUT2D eigenvalue weighted by Gasteiger charge is -2.34. The fourth-order valence-corrected chi connectivity index (χ4v) is 2.50. The molecule has 2 amide bonds. The van der Waals surface area contributed by atoms with E-state index in [1.165, 1.54) is 0 Å². The summed E-state index contributed by atoms with van der Waals surface area (Å²) in [7, 11) is 1.71. The molecule has 1 fully saturated rings. The van der Waals surface area contributed by atoms with Crippen molar-refractivity contribution in [2.24, 2.45) is 4.99 Å². The molecule has 1 aliphatic rings. The molecule has 0 radical (unpaired) electrons. The van der Waals surface area contributed by atoms with Crippen molar-refractivity contribution in [2.75, 3.05) is 59.4 Å². The van der Waals surface area contributed by atoms with Crippen molar-refractivity contribution in [2.45, 2.75) is 33.3 Å². The highest BCUT2D eigenvalue weighted by Gasteiger charge is 2.18. The molecule has 3 N–H and O–H groups in total. The van der Waals surface area contributed by atoms with E-state index in [9.17, 15) is 9.59 Å². The maximum atomic E-state index is 11.5. The second-order valence-corrected chi connectivity index (χ2v) is 7.20. The van der Waals surface area contributed by atoms with Gasteiger partial charge in [0.05, 0.1) is 0 Å². The number of nitrogens with zero attached hydrogens (tertiary/aromatic N) is 3. The van der Waals surface area contributed by atoms with Crippen LogP contribution in [0.4, 0.5) is 4.79 Å². The first-order valence-corrected chi connectivity index (χ1v) is 9.10. The monoisotopic (exact) mass is 498 g/mol. The highest BCUT2D eigenvalue weighted by atomic mass is 127. The minimum absolute atomic E-state index is 0. The Kier molecular flexibility index (Phi) is 12.4. The van der Waals surface area contributed by atoms with Crippen molar-refractivity contribution in [3.05, 3.63) is 0 Å². The zero-order valence-electron chi connectivity index (χ0n) is 17.1. The number of alkyl carbamates (subject to hydrolysis) is 1. The molecule has 27 heavy (non-hydrogen) atoms. The van der Waals surface area contributed by atoms with E-state index < -0.39 is 11.7 Å². The van der Waals surface area contributed by atoms with Gasteiger partial charge in [-0.25, -0.2) is 4.79 Å². The molecule has 1 aliphatic heterocycles. The number of halogens is 1. The Morgan fingerprint density at radius 1 is 1.00 bits per heavy atom. The summed E-state index contributed by atoms with van der Waals surface area (Å²) in [6, 6.07) is 0. The fraction of sp³-hybridized carbons (Fsp3) is 0.824. The number of hydrogen-bond acceptors (Lipinski definition) is 5. The average Bonchev–Trinajstić information content (AvgIpc) is 2.55. The summed E-state index contributed by atoms with van der Waals surface area (Å²) in [6.07, 6.45) is -0.424. The van der Waals surface area contributed by atoms with Gasteiger partial charge in [0.1, 0.15) is 5.60 Å². The summed E-state index contributed by atoms with van der Waals surface area (Å²) in [4.78, 5) is 31.2. The molecular formula is C17H35IN6O3. The number of piperazine rings is 1. The van der Waals surface area contributed by atoms with Crippen LogP contribution in [0.1, 0.15) is 27.7 Å². The van der Waals surface area contributed by atoms with Gasteiger partial charge in [-0.2, -0.15) is 0 Å². The zero-order valence-corrected chi connectivity index (χ0v) is 19.5. The number of rotatable bonds is 6. The van der Waals surface area contributed by atoms with Crippen LogP contribution >= 0.6 is 24.0 Å². The standard InChI is InChI=1S/C17H34N6O3.HI/c1-14(24)23-12-10-22(11-13-23)9-8-20-15(18-5)19-6-7-21-16(25)26-17(2,3)4;/h6-13H2,1-5H3,(H,21,25)(H2,18,19,20);1H. The van der Waals surface area contributed by atoms with Crippen molar-refractivity contribution in [3.8, 4) is 0 Å². The Morgan fingerprint density at radius 3 is 2.07 bits per heavy atom. The molecule has 0 aromatic rings. The Bertz CT molecular complexity index is 488. The third-order valence-corrected chi connectivity index (χ3v) is 3.85. The number of carbonyl (C=O) groups excluding carboxylic acids is 2. The normalized spacial score (nSPS) is 15.6. The van der Waals surface area contributed by atoms with Crippen molar-refractivity contribution in [3.63, 3.8) is 0 Å². The third kappa shape index (κ3) is 11.9. The van der Waals surface area contributed by atoms with E-state index in [-0.39, 0.29) is 29.9 Å². The molecule has 9 nitrogen and oxygen atoms in total. The minimum Gasteiger partial charge on any atom is -0.444 e. The first kappa shape index (κ1) is 25.7. The summed E-state index contributed by atoms with van der Waals surface area (Å²) in [5.41, 5.74) is -0.495. The summed E-state index contributed by atoms with van der Waals surface area (Å²) in [5, 5.41) is 9.09. The van der Waals surface area contributed by atoms with Crippen LogP contribution in [-0.4, -0.2) is 92.8 Å². The molecule has 1 rings (SSSR count). The SMILES string of the molecule is CN=C(NCCNC(=O)OC(C)(C)C)NCCN1CCN(C(C)=O)CC1.I. The van der Waals surface area contributed by atoms with Crippen LogP contribution in [0.3, 0.4) is 0 Å². The second kappa shape index (κ2) is 13.0. The van der Waals surface area contributed by atoms with Crippen molar-refractivity contribution >= 4 is 41.9 Å². The van der Waals surface area contributed by atoms with Crippen LogP contribution in [0.2, 0.25) is 0 Å². The summed E-state index contributed by atoms with van der Waals surface area (Å²) >= 11 is 0. The van der Waals surface area contributed by atoms with E-state index in [0.717, 1.165) is 39.3 Å². The highest BCUT2D eigenvalue weighted by Crippen LogP contribution is 2.06. The number of hydrogen-bond donors (Lipinski definition) is 3. The molecule has 0 aromatic carbocycles. The second-order valence-electron chi connectivity index (χ2n) is 7.20. The maximum absolute atomic E-state index is 11.5. The zero-order chi connectivity index (χ0) is 19.6. The molecule has 0 aliphatic carbocycles. The van der Waals surface area contributed by atoms with Gasteiger partial charge in [0.15, 0.2) is 5.96 Å². The van der Waals surface area contributed by atoms with Crippen molar-refractivity contribution in [1.82, 2.24) is 25.8 Å². The van der Waals surface area contributed by atoms with E-state index in [0.29, 0.717) is 19.0 Å². The van der Waals surface area contributed by atoms with Crippen LogP contribution in [0.15, 0.2) is 4.99 Å². The Balaban J connectivity index is 0.00000676. The predicted molar refractivity (Wildman–Crippen MR) is 118 cm³/mol. The van der Waals surface area contributed by atoms with Crippen LogP contribution in [0.25, 0.3) is 0 Å². The van der Waals surface area contributed by atoms with Crippen LogP contribution < -0.4 is 16.0 Å². The van der Waals surface area contributed by atoms with Gasteiger partial charge in [0.25, 0.3) is 0 Å². The number of carbonyl (C=O) groups is 2. The van der Waals surface area contributed by atoms with Crippen molar-refractivity contribution in [1.29, 1.82) is 0 Å². The molecule has 0 spiro atoms. The Hall–Kier alpha value is -1.30. The quantitative estimate of drug-likeness (QED) is 0.213. The van der Waals surface area contributed by atoms with Gasteiger partial charge in [-0.05, 0) is 20.8 Å². The van der Waals surface area contributed by atoms with Gasteiger partial charge < -0.3 is 25.6 Å². The molecule has 1 saturated heterocycles. The number of ether oxygens (including phenoxy) is 1. The molecular weight excluding hydrogens is 463 g/mol. The van der Waals surface area contributed by atoms with Gasteiger partial charge in [0, 0.05) is 66.3 Å². The molecule has 158 valence electrons. The van der Waals surface area contributed by atoms with Crippen LogP contribution in [-0.2, 0) is 9.53 Å². The average molecular weight is 498 g/mol. The number of guanidine groups is 1. The molecule has 0 atom stereocenters. The molecule has 10 heteroatoms. The summed E-state index contributed by atoms with van der Waals surface area (Å²) < 4.78 is 5.17. The Labute approximate surface area is 179 Å². The van der Waals surface area contributed by atoms with E-state index >= 15 is 0 Å². The molecule has 0 unspecified atom stereocenters. The first-order chi connectivity index (χ1) is 12.2. The summed E-state index contributed by atoms with van der Waals surface area (Å²) in [5.74, 6) is 0.839. The molecule has 0 saturated carbocycles. The number of amides is 2. The van der Waals surface area contributed by atoms with Gasteiger partial charge >= 0.3 is 6.09 Å². The highest BCUT2D eigenvalue weighted by molar-refractivity contribution is 14.0. The first-order valence-electron chi connectivity index (χ1n) is 9.10. The van der Waals surface area contributed by atoms with Gasteiger partial charge in [-0.3, -0.25) is 14.7 Å². The van der Waals surface area contributed by atoms with Crippen LogP contribution in [0.5, 0.6) is 0 Å². The smallest absolute Gasteiger partial charge is 0.407 e. The lowest BCUT2D eigenvalue weighted by atomic mass is 10.2. The van der Waals surface area contributed by atoms with E-state index in [1.807, 2.05) is 25.7 Å². The van der Waals surface area contributed by atoms with Gasteiger partial charge in [0.2, 0.25) is 5.91 Å². The van der Waals surface area contributed by atoms with Gasteiger partial charge in [-0.1, -0.05) is 0 Å². The van der Waals surface area contributed by atoms with E-state index in [2.05, 4.69) is 25.8 Å². The van der Waals surface area contributed by atoms with Crippen LogP contribution in [0, 0.1) is 0 Å². The fourth-order valence-electron chi connectivity index (χ4n) is 2.50. The lowest BCUT2D eigenvalue weighted by Crippen LogP contribution is -2.50. The molecule has 0 bridgehead atoms. The van der Waals surface area contributed by atoms with Gasteiger partial charge in [-0.15, -0.1) is 24.0 Å². The largest absolute Gasteiger partial charge is 0.444 e.